The molecular weight excluding hydrogens is 364 g/mol. The van der Waals surface area contributed by atoms with E-state index in [1.807, 2.05) is 36.4 Å². The molecule has 3 rings (SSSR count). The molecule has 0 aromatic heterocycles. The van der Waals surface area contributed by atoms with Gasteiger partial charge in [-0.1, -0.05) is 48.6 Å². The molecule has 2 N–H and O–H groups in total. The minimum absolute atomic E-state index is 0.0254. The van der Waals surface area contributed by atoms with Crippen molar-refractivity contribution in [3.8, 4) is 0 Å². The highest BCUT2D eigenvalue weighted by molar-refractivity contribution is 6.08. The van der Waals surface area contributed by atoms with E-state index in [0.717, 1.165) is 17.7 Å². The number of aromatic carboxylic acids is 1. The van der Waals surface area contributed by atoms with Crippen molar-refractivity contribution in [2.24, 2.45) is 0 Å². The van der Waals surface area contributed by atoms with E-state index in [1.165, 1.54) is 12.1 Å². The van der Waals surface area contributed by atoms with Crippen LogP contribution >= 0.6 is 0 Å². The van der Waals surface area contributed by atoms with Gasteiger partial charge in [0.15, 0.2) is 0 Å². The third-order valence-electron chi connectivity index (χ3n) is 3.91. The van der Waals surface area contributed by atoms with Gasteiger partial charge in [0.05, 0.1) is 11.3 Å². The van der Waals surface area contributed by atoms with Crippen molar-refractivity contribution < 1.29 is 23.5 Å². The zero-order valence-corrected chi connectivity index (χ0v) is 14.5. The Hall–Kier alpha value is -3.80. The van der Waals surface area contributed by atoms with Crippen LogP contribution in [0.1, 0.15) is 31.8 Å². The third-order valence-corrected chi connectivity index (χ3v) is 3.91. The monoisotopic (exact) mass is 379 g/mol. The SMILES string of the molecule is O=C(Nc1cc(C=Cc2ccccc2)ccc1C(=O)O)c1cc(F)cc(F)c1. The smallest absolute Gasteiger partial charge is 0.337 e. The topological polar surface area (TPSA) is 66.4 Å². The Morgan fingerprint density at radius 2 is 1.46 bits per heavy atom. The lowest BCUT2D eigenvalue weighted by Gasteiger charge is -2.10. The standard InChI is InChI=1S/C22H15F2NO3/c23-17-11-16(12-18(24)13-17)21(26)25-20-10-15(8-9-19(20)22(27)28)7-6-14-4-2-1-3-5-14/h1-13H,(H,25,26)(H,27,28). The Morgan fingerprint density at radius 1 is 0.821 bits per heavy atom. The van der Waals surface area contributed by atoms with Crippen LogP contribution in [0.2, 0.25) is 0 Å². The molecule has 3 aromatic rings. The number of carboxylic acid groups (broad SMARTS) is 1. The first-order valence-electron chi connectivity index (χ1n) is 8.30. The minimum atomic E-state index is -1.24. The summed E-state index contributed by atoms with van der Waals surface area (Å²) >= 11 is 0. The van der Waals surface area contributed by atoms with Crippen LogP contribution in [0.25, 0.3) is 12.2 Å². The van der Waals surface area contributed by atoms with Gasteiger partial charge in [0.2, 0.25) is 0 Å². The van der Waals surface area contributed by atoms with Gasteiger partial charge in [-0.05, 0) is 35.4 Å². The maximum Gasteiger partial charge on any atom is 0.337 e. The number of rotatable bonds is 5. The maximum atomic E-state index is 13.3. The molecule has 0 aliphatic rings. The third kappa shape index (κ3) is 4.67. The number of halogens is 2. The van der Waals surface area contributed by atoms with Gasteiger partial charge in [0.25, 0.3) is 5.91 Å². The summed E-state index contributed by atoms with van der Waals surface area (Å²) in [7, 11) is 0. The van der Waals surface area contributed by atoms with E-state index >= 15 is 0 Å². The van der Waals surface area contributed by atoms with Crippen LogP contribution in [-0.2, 0) is 0 Å². The van der Waals surface area contributed by atoms with Crippen molar-refractivity contribution >= 4 is 29.7 Å². The summed E-state index contributed by atoms with van der Waals surface area (Å²) in [6.07, 6.45) is 3.60. The fourth-order valence-electron chi connectivity index (χ4n) is 2.59. The number of hydrogen-bond acceptors (Lipinski definition) is 2. The number of nitrogens with one attached hydrogen (secondary N) is 1. The van der Waals surface area contributed by atoms with Crippen LogP contribution in [0.4, 0.5) is 14.5 Å². The summed E-state index contributed by atoms with van der Waals surface area (Å²) in [6, 6.07) is 16.3. The van der Waals surface area contributed by atoms with Crippen LogP contribution < -0.4 is 5.32 Å². The molecule has 4 nitrogen and oxygen atoms in total. The quantitative estimate of drug-likeness (QED) is 0.607. The van der Waals surface area contributed by atoms with E-state index in [2.05, 4.69) is 5.32 Å². The number of benzene rings is 3. The summed E-state index contributed by atoms with van der Waals surface area (Å²) in [6.45, 7) is 0. The molecule has 0 heterocycles. The lowest BCUT2D eigenvalue weighted by molar-refractivity contribution is 0.0698. The Labute approximate surface area is 159 Å². The van der Waals surface area contributed by atoms with E-state index in [4.69, 9.17) is 0 Å². The molecule has 0 saturated carbocycles. The van der Waals surface area contributed by atoms with Crippen LogP contribution in [0, 0.1) is 11.6 Å². The summed E-state index contributed by atoms with van der Waals surface area (Å²) in [5.74, 6) is -3.85. The Morgan fingerprint density at radius 3 is 2.11 bits per heavy atom. The molecule has 0 saturated heterocycles. The zero-order chi connectivity index (χ0) is 20.1. The molecule has 0 unspecified atom stereocenters. The molecule has 0 atom stereocenters. The first-order valence-corrected chi connectivity index (χ1v) is 8.30. The number of amides is 1. The van der Waals surface area contributed by atoms with E-state index in [0.29, 0.717) is 11.6 Å². The highest BCUT2D eigenvalue weighted by atomic mass is 19.1. The van der Waals surface area contributed by atoms with Gasteiger partial charge < -0.3 is 10.4 Å². The Bertz CT molecular complexity index is 1040. The lowest BCUT2D eigenvalue weighted by Crippen LogP contribution is -2.15. The first kappa shape index (κ1) is 19.0. The number of hydrogen-bond donors (Lipinski definition) is 2. The van der Waals surface area contributed by atoms with Crippen molar-refractivity contribution in [2.45, 2.75) is 0 Å². The molecule has 0 aliphatic carbocycles. The van der Waals surface area contributed by atoms with Gasteiger partial charge >= 0.3 is 5.97 Å². The van der Waals surface area contributed by atoms with Gasteiger partial charge in [-0.3, -0.25) is 4.79 Å². The molecule has 0 fully saturated rings. The summed E-state index contributed by atoms with van der Waals surface area (Å²) in [4.78, 5) is 23.8. The van der Waals surface area contributed by atoms with Gasteiger partial charge in [0.1, 0.15) is 11.6 Å². The van der Waals surface area contributed by atoms with Gasteiger partial charge in [-0.2, -0.15) is 0 Å². The van der Waals surface area contributed by atoms with Crippen molar-refractivity contribution in [1.29, 1.82) is 0 Å². The first-order chi connectivity index (χ1) is 13.4. The normalized spacial score (nSPS) is 10.8. The largest absolute Gasteiger partial charge is 0.478 e. The molecule has 0 bridgehead atoms. The van der Waals surface area contributed by atoms with Crippen molar-refractivity contribution in [1.82, 2.24) is 0 Å². The number of carbonyl (C=O) groups is 2. The summed E-state index contributed by atoms with van der Waals surface area (Å²) in [5.41, 5.74) is 1.23. The molecule has 0 aliphatic heterocycles. The molecule has 28 heavy (non-hydrogen) atoms. The maximum absolute atomic E-state index is 13.3. The number of anilines is 1. The second-order valence-electron chi connectivity index (χ2n) is 5.97. The van der Waals surface area contributed by atoms with Crippen molar-refractivity contribution in [3.05, 3.63) is 101 Å². The fraction of sp³-hybridized carbons (Fsp3) is 0. The fourth-order valence-corrected chi connectivity index (χ4v) is 2.59. The molecule has 1 amide bonds. The molecular formula is C22H15F2NO3. The average molecular weight is 379 g/mol. The number of carboxylic acids is 1. The van der Waals surface area contributed by atoms with Gasteiger partial charge in [0, 0.05) is 11.6 Å². The van der Waals surface area contributed by atoms with Crippen LogP contribution in [-0.4, -0.2) is 17.0 Å². The highest BCUT2D eigenvalue weighted by Crippen LogP contribution is 2.21. The van der Waals surface area contributed by atoms with Gasteiger partial charge in [-0.15, -0.1) is 0 Å². The average Bonchev–Trinajstić information content (AvgIpc) is 2.66. The predicted octanol–water partition coefficient (Wildman–Crippen LogP) is 5.09. The Balaban J connectivity index is 1.90. The summed E-state index contributed by atoms with van der Waals surface area (Å²) < 4.78 is 26.7. The minimum Gasteiger partial charge on any atom is -0.478 e. The van der Waals surface area contributed by atoms with E-state index in [9.17, 15) is 23.5 Å². The summed E-state index contributed by atoms with van der Waals surface area (Å²) in [5, 5.41) is 11.8. The van der Waals surface area contributed by atoms with Crippen LogP contribution in [0.15, 0.2) is 66.7 Å². The van der Waals surface area contributed by atoms with E-state index in [1.54, 1.807) is 12.1 Å². The number of carbonyl (C=O) groups excluding carboxylic acids is 1. The van der Waals surface area contributed by atoms with Gasteiger partial charge in [-0.25, -0.2) is 13.6 Å². The lowest BCUT2D eigenvalue weighted by atomic mass is 10.1. The highest BCUT2D eigenvalue weighted by Gasteiger charge is 2.15. The van der Waals surface area contributed by atoms with Crippen LogP contribution in [0.5, 0.6) is 0 Å². The second-order valence-corrected chi connectivity index (χ2v) is 5.97. The Kier molecular flexibility index (Phi) is 5.60. The van der Waals surface area contributed by atoms with Crippen molar-refractivity contribution in [3.63, 3.8) is 0 Å². The van der Waals surface area contributed by atoms with E-state index in [-0.39, 0.29) is 16.8 Å². The molecule has 0 radical (unpaired) electrons. The zero-order valence-electron chi connectivity index (χ0n) is 14.5. The van der Waals surface area contributed by atoms with Crippen LogP contribution in [0.3, 0.4) is 0 Å². The van der Waals surface area contributed by atoms with Crippen molar-refractivity contribution in [2.75, 3.05) is 5.32 Å². The molecule has 3 aromatic carbocycles. The molecule has 0 spiro atoms. The molecule has 6 heteroatoms. The molecule has 140 valence electrons. The van der Waals surface area contributed by atoms with E-state index < -0.39 is 23.5 Å². The second kappa shape index (κ2) is 8.26. The predicted molar refractivity (Wildman–Crippen MR) is 103 cm³/mol.